The molecule has 0 amide bonds. The largest absolute Gasteiger partial charge is 0.467 e. The van der Waals surface area contributed by atoms with Crippen molar-refractivity contribution in [1.29, 1.82) is 0 Å². The Morgan fingerprint density at radius 1 is 1.38 bits per heavy atom. The van der Waals surface area contributed by atoms with Crippen LogP contribution in [0.1, 0.15) is 51.2 Å². The second-order valence-corrected chi connectivity index (χ2v) is 6.48. The van der Waals surface area contributed by atoms with Gasteiger partial charge in [-0.3, -0.25) is 0 Å². The van der Waals surface area contributed by atoms with Crippen molar-refractivity contribution in [3.8, 4) is 0 Å². The van der Waals surface area contributed by atoms with Crippen LogP contribution in [0.15, 0.2) is 38.4 Å². The summed E-state index contributed by atoms with van der Waals surface area (Å²) >= 11 is 0. The van der Waals surface area contributed by atoms with E-state index in [1.807, 2.05) is 6.92 Å². The van der Waals surface area contributed by atoms with E-state index in [-0.39, 0.29) is 12.0 Å². The van der Waals surface area contributed by atoms with E-state index in [0.717, 1.165) is 5.76 Å². The molecular weight excluding hydrogens is 308 g/mol. The Morgan fingerprint density at radius 3 is 2.75 bits per heavy atom. The number of guanidine groups is 1. The lowest BCUT2D eigenvalue weighted by Crippen LogP contribution is -2.39. The monoisotopic (exact) mass is 334 g/mol. The van der Waals surface area contributed by atoms with Gasteiger partial charge in [0, 0.05) is 12.0 Å². The van der Waals surface area contributed by atoms with Crippen LogP contribution < -0.4 is 10.6 Å². The molecule has 0 aromatic carbocycles. The lowest BCUT2D eigenvalue weighted by molar-refractivity contribution is 0.153. The van der Waals surface area contributed by atoms with Crippen molar-refractivity contribution in [2.75, 3.05) is 13.1 Å². The highest BCUT2D eigenvalue weighted by molar-refractivity contribution is 5.79. The normalized spacial score (nSPS) is 13.8. The zero-order valence-corrected chi connectivity index (χ0v) is 14.7. The van der Waals surface area contributed by atoms with E-state index < -0.39 is 6.10 Å². The van der Waals surface area contributed by atoms with Gasteiger partial charge in [0.15, 0.2) is 5.96 Å². The predicted molar refractivity (Wildman–Crippen MR) is 91.7 cm³/mol. The Morgan fingerprint density at radius 2 is 2.17 bits per heavy atom. The molecule has 2 aromatic rings. The molecule has 2 heterocycles. The molecule has 0 saturated heterocycles. The molecule has 132 valence electrons. The summed E-state index contributed by atoms with van der Waals surface area (Å²) in [5.74, 6) is 2.49. The summed E-state index contributed by atoms with van der Waals surface area (Å²) in [7, 11) is 0. The molecule has 0 radical (unpaired) electrons. The summed E-state index contributed by atoms with van der Waals surface area (Å²) in [6.45, 7) is 9.51. The maximum absolute atomic E-state index is 10.0. The highest BCUT2D eigenvalue weighted by Crippen LogP contribution is 2.22. The van der Waals surface area contributed by atoms with E-state index in [9.17, 15) is 5.11 Å². The quantitative estimate of drug-likeness (QED) is 0.554. The number of nitrogens with zero attached hydrogens (tertiary/aromatic N) is 2. The molecule has 3 N–H and O–H groups in total. The topological polar surface area (TPSA) is 95.8 Å². The minimum atomic E-state index is -0.738. The van der Waals surface area contributed by atoms with Crippen molar-refractivity contribution in [2.45, 2.75) is 45.8 Å². The maximum Gasteiger partial charge on any atom is 0.216 e. The van der Waals surface area contributed by atoms with Gasteiger partial charge in [-0.05, 0) is 19.1 Å². The van der Waals surface area contributed by atoms with Gasteiger partial charge < -0.3 is 24.6 Å². The molecule has 2 rings (SSSR count). The minimum Gasteiger partial charge on any atom is -0.467 e. The molecule has 7 heteroatoms. The maximum atomic E-state index is 10.0. The van der Waals surface area contributed by atoms with Crippen LogP contribution in [0, 0.1) is 0 Å². The van der Waals surface area contributed by atoms with Crippen molar-refractivity contribution < 1.29 is 13.9 Å². The SMILES string of the molecule is CCNC(=NCc1ncc(C(C)(C)C)o1)NCC(O)c1ccco1. The Balaban J connectivity index is 1.94. The fraction of sp³-hybridized carbons (Fsp3) is 0.529. The summed E-state index contributed by atoms with van der Waals surface area (Å²) in [5.41, 5.74) is -0.0785. The first kappa shape index (κ1) is 18.1. The fourth-order valence-electron chi connectivity index (χ4n) is 1.99. The molecule has 0 aliphatic heterocycles. The van der Waals surface area contributed by atoms with Crippen LogP contribution in [0.25, 0.3) is 0 Å². The molecule has 24 heavy (non-hydrogen) atoms. The summed E-state index contributed by atoms with van der Waals surface area (Å²) in [5, 5.41) is 16.2. The van der Waals surface area contributed by atoms with Gasteiger partial charge in [-0.1, -0.05) is 20.8 Å². The van der Waals surface area contributed by atoms with Gasteiger partial charge >= 0.3 is 0 Å². The van der Waals surface area contributed by atoms with E-state index in [0.29, 0.717) is 30.7 Å². The fourth-order valence-corrected chi connectivity index (χ4v) is 1.99. The number of aliphatic imine (C=N–C) groups is 1. The van der Waals surface area contributed by atoms with Crippen LogP contribution in [0.5, 0.6) is 0 Å². The van der Waals surface area contributed by atoms with E-state index >= 15 is 0 Å². The highest BCUT2D eigenvalue weighted by Gasteiger charge is 2.19. The first-order chi connectivity index (χ1) is 11.4. The van der Waals surface area contributed by atoms with Crippen molar-refractivity contribution in [3.05, 3.63) is 42.0 Å². The van der Waals surface area contributed by atoms with E-state index in [4.69, 9.17) is 8.83 Å². The molecule has 0 fully saturated rings. The molecule has 0 aliphatic rings. The minimum absolute atomic E-state index is 0.0785. The number of oxazole rings is 1. The molecule has 1 unspecified atom stereocenters. The third-order valence-electron chi connectivity index (χ3n) is 3.34. The van der Waals surface area contributed by atoms with Crippen molar-refractivity contribution in [2.24, 2.45) is 4.99 Å². The number of aliphatic hydroxyl groups is 1. The zero-order valence-electron chi connectivity index (χ0n) is 14.7. The van der Waals surface area contributed by atoms with E-state index in [1.165, 1.54) is 6.26 Å². The zero-order chi connectivity index (χ0) is 17.6. The Hall–Kier alpha value is -2.28. The lowest BCUT2D eigenvalue weighted by atomic mass is 9.94. The van der Waals surface area contributed by atoms with Gasteiger partial charge in [-0.25, -0.2) is 9.98 Å². The Labute approximate surface area is 142 Å². The first-order valence-electron chi connectivity index (χ1n) is 8.09. The van der Waals surface area contributed by atoms with Crippen molar-refractivity contribution in [1.82, 2.24) is 15.6 Å². The second kappa shape index (κ2) is 8.01. The van der Waals surface area contributed by atoms with Gasteiger partial charge in [0.2, 0.25) is 5.89 Å². The van der Waals surface area contributed by atoms with Gasteiger partial charge in [0.25, 0.3) is 0 Å². The molecule has 0 bridgehead atoms. The van der Waals surface area contributed by atoms with Crippen molar-refractivity contribution in [3.63, 3.8) is 0 Å². The molecule has 2 aromatic heterocycles. The summed E-state index contributed by atoms with van der Waals surface area (Å²) in [6.07, 6.45) is 2.54. The third kappa shape index (κ3) is 5.13. The number of aliphatic hydroxyl groups excluding tert-OH is 1. The molecule has 1 atom stereocenters. The number of nitrogens with one attached hydrogen (secondary N) is 2. The number of furan rings is 1. The van der Waals surface area contributed by atoms with Crippen LogP contribution in [0.3, 0.4) is 0 Å². The summed E-state index contributed by atoms with van der Waals surface area (Å²) in [4.78, 5) is 8.69. The number of rotatable bonds is 6. The lowest BCUT2D eigenvalue weighted by Gasteiger charge is -2.14. The van der Waals surface area contributed by atoms with Crippen LogP contribution in [0.4, 0.5) is 0 Å². The van der Waals surface area contributed by atoms with Crippen LogP contribution >= 0.6 is 0 Å². The molecule has 7 nitrogen and oxygen atoms in total. The number of hydrogen-bond donors (Lipinski definition) is 3. The van der Waals surface area contributed by atoms with Crippen molar-refractivity contribution >= 4 is 5.96 Å². The van der Waals surface area contributed by atoms with Crippen LogP contribution in [0.2, 0.25) is 0 Å². The van der Waals surface area contributed by atoms with E-state index in [1.54, 1.807) is 18.3 Å². The first-order valence-corrected chi connectivity index (χ1v) is 8.09. The third-order valence-corrected chi connectivity index (χ3v) is 3.34. The highest BCUT2D eigenvalue weighted by atomic mass is 16.4. The second-order valence-electron chi connectivity index (χ2n) is 6.48. The summed E-state index contributed by atoms with van der Waals surface area (Å²) in [6, 6.07) is 3.48. The van der Waals surface area contributed by atoms with Gasteiger partial charge in [-0.2, -0.15) is 0 Å². The smallest absolute Gasteiger partial charge is 0.216 e. The van der Waals surface area contributed by atoms with Gasteiger partial charge in [0.1, 0.15) is 24.2 Å². The standard InChI is InChI=1S/C17H26N4O3/c1-5-18-16(20-9-12(22)13-7-6-8-23-13)21-11-15-19-10-14(24-15)17(2,3)4/h6-8,10,12,22H,5,9,11H2,1-4H3,(H2,18,20,21). The predicted octanol–water partition coefficient (Wildman–Crippen LogP) is 2.35. The van der Waals surface area contributed by atoms with Gasteiger partial charge in [-0.15, -0.1) is 0 Å². The molecule has 0 spiro atoms. The summed E-state index contributed by atoms with van der Waals surface area (Å²) < 4.78 is 10.9. The van der Waals surface area contributed by atoms with Crippen LogP contribution in [-0.2, 0) is 12.0 Å². The van der Waals surface area contributed by atoms with Gasteiger partial charge in [0.05, 0.1) is 19.0 Å². The average Bonchev–Trinajstić information content (AvgIpc) is 3.20. The Bertz CT molecular complexity index is 641. The Kier molecular flexibility index (Phi) is 6.03. The molecular formula is C17H26N4O3. The number of aromatic nitrogens is 1. The molecule has 0 aliphatic carbocycles. The van der Waals surface area contributed by atoms with E-state index in [2.05, 4.69) is 41.4 Å². The molecule has 0 saturated carbocycles. The average molecular weight is 334 g/mol. The van der Waals surface area contributed by atoms with Crippen LogP contribution in [-0.4, -0.2) is 29.1 Å². The number of hydrogen-bond acceptors (Lipinski definition) is 5.